The van der Waals surface area contributed by atoms with Crippen LogP contribution in [0.5, 0.6) is 0 Å². The number of nitrogens with two attached hydrogens (primary N) is 1. The molecule has 0 atom stereocenters. The van der Waals surface area contributed by atoms with E-state index in [2.05, 4.69) is 4.98 Å². The lowest BCUT2D eigenvalue weighted by atomic mass is 10.1. The molecule has 1 fully saturated rings. The molecule has 1 saturated carbocycles. The van der Waals surface area contributed by atoms with Gasteiger partial charge in [0.15, 0.2) is 0 Å². The maximum atomic E-state index is 11.6. The van der Waals surface area contributed by atoms with Crippen LogP contribution in [0.4, 0.5) is 5.82 Å². The van der Waals surface area contributed by atoms with E-state index in [9.17, 15) is 4.79 Å². The van der Waals surface area contributed by atoms with E-state index in [1.165, 1.54) is 0 Å². The number of H-pyrrole nitrogens is 1. The first-order valence-electron chi connectivity index (χ1n) is 4.88. The van der Waals surface area contributed by atoms with Crippen molar-refractivity contribution in [3.8, 4) is 0 Å². The normalized spacial score (nSPS) is 15.5. The molecule has 1 aliphatic carbocycles. The molecule has 1 aliphatic rings. The summed E-state index contributed by atoms with van der Waals surface area (Å²) >= 11 is 0. The molecule has 0 aromatic carbocycles. The van der Waals surface area contributed by atoms with Crippen molar-refractivity contribution in [1.82, 2.24) is 4.98 Å². The van der Waals surface area contributed by atoms with E-state index in [4.69, 9.17) is 10.5 Å². The van der Waals surface area contributed by atoms with Gasteiger partial charge in [0.2, 0.25) is 0 Å². The summed E-state index contributed by atoms with van der Waals surface area (Å²) in [7, 11) is 0. The van der Waals surface area contributed by atoms with Crippen LogP contribution in [0.2, 0.25) is 0 Å². The van der Waals surface area contributed by atoms with Gasteiger partial charge in [-0.1, -0.05) is 0 Å². The summed E-state index contributed by atoms with van der Waals surface area (Å²) in [4.78, 5) is 14.4. The van der Waals surface area contributed by atoms with Crippen LogP contribution in [0.1, 0.15) is 41.6 Å². The summed E-state index contributed by atoms with van der Waals surface area (Å²) in [6.07, 6.45) is 4.10. The monoisotopic (exact) mass is 194 g/mol. The highest BCUT2D eigenvalue weighted by atomic mass is 16.5. The Morgan fingerprint density at radius 2 is 2.43 bits per heavy atom. The molecule has 4 heteroatoms. The Hall–Kier alpha value is -1.45. The quantitative estimate of drug-likeness (QED) is 0.719. The van der Waals surface area contributed by atoms with Crippen molar-refractivity contribution in [2.45, 2.75) is 25.7 Å². The van der Waals surface area contributed by atoms with E-state index in [0.717, 1.165) is 18.4 Å². The second-order valence-electron chi connectivity index (χ2n) is 3.53. The molecule has 0 aliphatic heterocycles. The first-order chi connectivity index (χ1) is 6.74. The highest BCUT2D eigenvalue weighted by Crippen LogP contribution is 2.43. The first kappa shape index (κ1) is 9.12. The first-order valence-corrected chi connectivity index (χ1v) is 4.88. The van der Waals surface area contributed by atoms with Gasteiger partial charge in [-0.3, -0.25) is 0 Å². The Morgan fingerprint density at radius 3 is 3.00 bits per heavy atom. The number of hydrogen-bond donors (Lipinski definition) is 2. The zero-order valence-electron chi connectivity index (χ0n) is 8.17. The molecule has 4 nitrogen and oxygen atoms in total. The van der Waals surface area contributed by atoms with Crippen molar-refractivity contribution in [3.05, 3.63) is 17.3 Å². The fourth-order valence-corrected chi connectivity index (χ4v) is 1.60. The van der Waals surface area contributed by atoms with Crippen LogP contribution in [0.3, 0.4) is 0 Å². The van der Waals surface area contributed by atoms with Crippen LogP contribution in [0.15, 0.2) is 6.20 Å². The zero-order chi connectivity index (χ0) is 10.1. The Morgan fingerprint density at radius 1 is 1.71 bits per heavy atom. The number of hydrogen-bond acceptors (Lipinski definition) is 3. The number of rotatable bonds is 3. The molecule has 1 aromatic heterocycles. The molecule has 0 radical (unpaired) electrons. The van der Waals surface area contributed by atoms with Gasteiger partial charge in [0, 0.05) is 6.20 Å². The van der Waals surface area contributed by atoms with Crippen molar-refractivity contribution in [2.75, 3.05) is 12.3 Å². The van der Waals surface area contributed by atoms with Gasteiger partial charge >= 0.3 is 5.97 Å². The zero-order valence-corrected chi connectivity index (χ0v) is 8.17. The van der Waals surface area contributed by atoms with Gasteiger partial charge in [0.05, 0.1) is 6.61 Å². The Labute approximate surface area is 82.4 Å². The van der Waals surface area contributed by atoms with E-state index >= 15 is 0 Å². The molecule has 0 bridgehead atoms. The summed E-state index contributed by atoms with van der Waals surface area (Å²) in [5.41, 5.74) is 7.23. The van der Waals surface area contributed by atoms with Crippen LogP contribution in [0, 0.1) is 0 Å². The molecule has 14 heavy (non-hydrogen) atoms. The van der Waals surface area contributed by atoms with Crippen LogP contribution < -0.4 is 5.73 Å². The van der Waals surface area contributed by atoms with Gasteiger partial charge in [-0.05, 0) is 31.2 Å². The average Bonchev–Trinajstić information content (AvgIpc) is 2.90. The van der Waals surface area contributed by atoms with E-state index in [1.807, 2.05) is 6.20 Å². The van der Waals surface area contributed by atoms with Crippen LogP contribution >= 0.6 is 0 Å². The van der Waals surface area contributed by atoms with E-state index in [-0.39, 0.29) is 5.97 Å². The van der Waals surface area contributed by atoms with E-state index in [1.54, 1.807) is 6.92 Å². The van der Waals surface area contributed by atoms with Crippen LogP contribution in [-0.4, -0.2) is 17.6 Å². The minimum atomic E-state index is -0.312. The minimum absolute atomic E-state index is 0.312. The molecule has 0 spiro atoms. The third-order valence-electron chi connectivity index (χ3n) is 2.44. The van der Waals surface area contributed by atoms with E-state index in [0.29, 0.717) is 23.9 Å². The number of aromatic nitrogens is 1. The van der Waals surface area contributed by atoms with Gasteiger partial charge in [-0.15, -0.1) is 0 Å². The standard InChI is InChI=1S/C10H14N2O2/c1-2-14-10(13)8-7(6-3-4-6)5-12-9(8)11/h5-6,12H,2-4,11H2,1H3. The van der Waals surface area contributed by atoms with Gasteiger partial charge in [-0.25, -0.2) is 4.79 Å². The molecular formula is C10H14N2O2. The Balaban J connectivity index is 2.29. The maximum absolute atomic E-state index is 11.6. The summed E-state index contributed by atoms with van der Waals surface area (Å²) in [5, 5.41) is 0. The minimum Gasteiger partial charge on any atom is -0.462 e. The summed E-state index contributed by atoms with van der Waals surface area (Å²) in [6, 6.07) is 0. The lowest BCUT2D eigenvalue weighted by Crippen LogP contribution is -2.08. The van der Waals surface area contributed by atoms with Crippen molar-refractivity contribution >= 4 is 11.8 Å². The highest BCUT2D eigenvalue weighted by Gasteiger charge is 2.31. The molecular weight excluding hydrogens is 180 g/mol. The SMILES string of the molecule is CCOC(=O)c1c(C2CC2)c[nH]c1N. The number of nitrogen functional groups attached to an aromatic ring is 1. The number of carbonyl (C=O) groups is 1. The van der Waals surface area contributed by atoms with Gasteiger partial charge < -0.3 is 15.5 Å². The molecule has 0 amide bonds. The number of aromatic amines is 1. The van der Waals surface area contributed by atoms with Crippen molar-refractivity contribution in [1.29, 1.82) is 0 Å². The fourth-order valence-electron chi connectivity index (χ4n) is 1.60. The number of ether oxygens (including phenoxy) is 1. The average molecular weight is 194 g/mol. The van der Waals surface area contributed by atoms with Gasteiger partial charge in [-0.2, -0.15) is 0 Å². The summed E-state index contributed by atoms with van der Waals surface area (Å²) < 4.78 is 4.95. The molecule has 0 saturated heterocycles. The van der Waals surface area contributed by atoms with Crippen molar-refractivity contribution in [3.63, 3.8) is 0 Å². The fraction of sp³-hybridized carbons (Fsp3) is 0.500. The Kier molecular flexibility index (Phi) is 2.19. The maximum Gasteiger partial charge on any atom is 0.342 e. The van der Waals surface area contributed by atoms with Crippen molar-refractivity contribution < 1.29 is 9.53 Å². The summed E-state index contributed by atoms with van der Waals surface area (Å²) in [5.74, 6) is 0.612. The predicted molar refractivity (Wildman–Crippen MR) is 53.1 cm³/mol. The largest absolute Gasteiger partial charge is 0.462 e. The highest BCUT2D eigenvalue weighted by molar-refractivity contribution is 5.96. The number of nitrogens with one attached hydrogen (secondary N) is 1. The second kappa shape index (κ2) is 3.36. The number of esters is 1. The van der Waals surface area contributed by atoms with Crippen molar-refractivity contribution in [2.24, 2.45) is 0 Å². The Bertz CT molecular complexity index is 353. The topological polar surface area (TPSA) is 68.1 Å². The summed E-state index contributed by atoms with van der Waals surface area (Å²) in [6.45, 7) is 2.17. The number of anilines is 1. The third kappa shape index (κ3) is 1.47. The molecule has 76 valence electrons. The third-order valence-corrected chi connectivity index (χ3v) is 2.44. The molecule has 1 heterocycles. The predicted octanol–water partition coefficient (Wildman–Crippen LogP) is 1.65. The smallest absolute Gasteiger partial charge is 0.342 e. The van der Waals surface area contributed by atoms with Gasteiger partial charge in [0.25, 0.3) is 0 Å². The van der Waals surface area contributed by atoms with Crippen LogP contribution in [0.25, 0.3) is 0 Å². The second-order valence-corrected chi connectivity index (χ2v) is 3.53. The molecule has 2 rings (SSSR count). The van der Waals surface area contributed by atoms with E-state index < -0.39 is 0 Å². The number of carbonyl (C=O) groups excluding carboxylic acids is 1. The molecule has 3 N–H and O–H groups in total. The lowest BCUT2D eigenvalue weighted by molar-refractivity contribution is 0.0526. The van der Waals surface area contributed by atoms with Gasteiger partial charge in [0.1, 0.15) is 11.4 Å². The van der Waals surface area contributed by atoms with Crippen LogP contribution in [-0.2, 0) is 4.74 Å². The molecule has 1 aromatic rings. The molecule has 0 unspecified atom stereocenters. The lowest BCUT2D eigenvalue weighted by Gasteiger charge is -2.03.